The number of hydrogen-bond acceptors (Lipinski definition) is 7. The smallest absolute Gasteiger partial charge is 0.364 e. The summed E-state index contributed by atoms with van der Waals surface area (Å²) in [5.41, 5.74) is 0. The molecule has 8 heteroatoms. The predicted octanol–water partition coefficient (Wildman–Crippen LogP) is 2.53. The third-order valence-corrected chi connectivity index (χ3v) is 5.48. The quantitative estimate of drug-likeness (QED) is 0.743. The van der Waals surface area contributed by atoms with E-state index in [1.807, 2.05) is 0 Å². The van der Waals surface area contributed by atoms with Crippen LogP contribution in [0.25, 0.3) is 0 Å². The summed E-state index contributed by atoms with van der Waals surface area (Å²) in [6.07, 6.45) is 1.60. The van der Waals surface area contributed by atoms with Crippen molar-refractivity contribution in [1.82, 2.24) is 4.98 Å². The summed E-state index contributed by atoms with van der Waals surface area (Å²) < 4.78 is 22.5. The third kappa shape index (κ3) is 4.47. The van der Waals surface area contributed by atoms with Crippen molar-refractivity contribution in [1.29, 1.82) is 0 Å². The van der Waals surface area contributed by atoms with Crippen LogP contribution in [-0.4, -0.2) is 29.1 Å². The molecule has 0 radical (unpaired) electrons. The highest BCUT2D eigenvalue weighted by Crippen LogP contribution is 2.60. The number of nitrogens with zero attached hydrogens (tertiary/aromatic N) is 1. The van der Waals surface area contributed by atoms with Crippen LogP contribution in [-0.2, 0) is 24.8 Å². The second-order valence-corrected chi connectivity index (χ2v) is 7.02. The summed E-state index contributed by atoms with van der Waals surface area (Å²) in [5.74, 6) is -1.39. The lowest BCUT2D eigenvalue weighted by molar-refractivity contribution is -0.116. The Kier molecular flexibility index (Phi) is 6.29. The molecule has 0 fully saturated rings. The van der Waals surface area contributed by atoms with Gasteiger partial charge >= 0.3 is 7.60 Å². The molecule has 1 unspecified atom stereocenters. The van der Waals surface area contributed by atoms with Crippen LogP contribution in [0.3, 0.4) is 0 Å². The fourth-order valence-corrected chi connectivity index (χ4v) is 4.30. The minimum Gasteiger partial charge on any atom is -0.375 e. The van der Waals surface area contributed by atoms with Crippen LogP contribution in [0.2, 0.25) is 0 Å². The molecule has 0 aromatic carbocycles. The predicted molar refractivity (Wildman–Crippen MR) is 72.3 cm³/mol. The van der Waals surface area contributed by atoms with Gasteiger partial charge in [-0.25, -0.2) is 4.98 Å². The number of aliphatic hydroxyl groups is 1. The molecular formula is C11H18NO5PS. The van der Waals surface area contributed by atoms with Gasteiger partial charge in [-0.05, 0) is 20.8 Å². The molecule has 1 N–H and O–H groups in total. The molecule has 0 aliphatic heterocycles. The molecule has 1 aromatic heterocycles. The molecule has 0 saturated carbocycles. The van der Waals surface area contributed by atoms with Crippen molar-refractivity contribution >= 4 is 24.7 Å². The first-order chi connectivity index (χ1) is 8.92. The number of carbonyl (C=O) groups excluding carboxylic acids is 1. The van der Waals surface area contributed by atoms with Crippen LogP contribution in [0.5, 0.6) is 0 Å². The normalized spacial score (nSPS) is 13.5. The zero-order chi connectivity index (χ0) is 14.5. The van der Waals surface area contributed by atoms with Gasteiger partial charge in [-0.15, -0.1) is 11.3 Å². The Labute approximate surface area is 116 Å². The molecule has 1 heterocycles. The Bertz CT molecular complexity index is 465. The third-order valence-electron chi connectivity index (χ3n) is 2.14. The summed E-state index contributed by atoms with van der Waals surface area (Å²) in [4.78, 5) is 15.4. The average Bonchev–Trinajstić information content (AvgIpc) is 2.76. The summed E-state index contributed by atoms with van der Waals surface area (Å²) in [7, 11) is -3.61. The number of ketones is 1. The molecule has 0 aliphatic rings. The van der Waals surface area contributed by atoms with E-state index in [4.69, 9.17) is 9.05 Å². The van der Waals surface area contributed by atoms with Crippen molar-refractivity contribution < 1.29 is 23.5 Å². The minimum absolute atomic E-state index is 0.0202. The van der Waals surface area contributed by atoms with E-state index < -0.39 is 13.4 Å². The van der Waals surface area contributed by atoms with Gasteiger partial charge in [0.15, 0.2) is 5.85 Å². The minimum atomic E-state index is -3.61. The molecule has 0 aliphatic carbocycles. The SMILES string of the molecule is CCOP(=O)(OCC)C(O)c1cnc(CC(C)=O)s1. The van der Waals surface area contributed by atoms with Crippen molar-refractivity contribution in [3.05, 3.63) is 16.1 Å². The molecule has 19 heavy (non-hydrogen) atoms. The Morgan fingerprint density at radius 1 is 1.47 bits per heavy atom. The highest BCUT2D eigenvalue weighted by atomic mass is 32.1. The number of thiazole rings is 1. The maximum atomic E-state index is 12.4. The van der Waals surface area contributed by atoms with Crippen LogP contribution in [0.15, 0.2) is 6.20 Å². The van der Waals surface area contributed by atoms with E-state index >= 15 is 0 Å². The standard InChI is InChI=1S/C11H18NO5PS/c1-4-16-18(15,17-5-2)11(14)9-7-12-10(19-9)6-8(3)13/h7,11,14H,4-6H2,1-3H3. The van der Waals surface area contributed by atoms with Crippen molar-refractivity contribution in [3.8, 4) is 0 Å². The summed E-state index contributed by atoms with van der Waals surface area (Å²) in [5, 5.41) is 10.7. The van der Waals surface area contributed by atoms with Gasteiger partial charge < -0.3 is 14.2 Å². The number of carbonyl (C=O) groups is 1. The summed E-state index contributed by atoms with van der Waals surface area (Å²) in [6.45, 7) is 5.15. The zero-order valence-corrected chi connectivity index (χ0v) is 12.9. The van der Waals surface area contributed by atoms with Crippen molar-refractivity contribution in [2.75, 3.05) is 13.2 Å². The van der Waals surface area contributed by atoms with Crippen molar-refractivity contribution in [3.63, 3.8) is 0 Å². The number of aliphatic hydroxyl groups excluding tert-OH is 1. The van der Waals surface area contributed by atoms with Crippen LogP contribution in [0.1, 0.15) is 36.5 Å². The molecule has 0 amide bonds. The zero-order valence-electron chi connectivity index (χ0n) is 11.2. The molecule has 0 spiro atoms. The topological polar surface area (TPSA) is 85.7 Å². The van der Waals surface area contributed by atoms with Gasteiger partial charge in [0.1, 0.15) is 10.8 Å². The van der Waals surface area contributed by atoms with Crippen LogP contribution in [0, 0.1) is 0 Å². The summed E-state index contributed by atoms with van der Waals surface area (Å²) in [6, 6.07) is 0. The van der Waals surface area contributed by atoms with E-state index in [1.165, 1.54) is 13.1 Å². The number of hydrogen-bond donors (Lipinski definition) is 1. The molecule has 108 valence electrons. The first-order valence-corrected chi connectivity index (χ1v) is 8.36. The lowest BCUT2D eigenvalue weighted by Gasteiger charge is -2.20. The highest BCUT2D eigenvalue weighted by molar-refractivity contribution is 7.54. The molecular weight excluding hydrogens is 289 g/mol. The summed E-state index contributed by atoms with van der Waals surface area (Å²) >= 11 is 1.13. The number of aromatic nitrogens is 1. The molecule has 1 rings (SSSR count). The molecule has 1 aromatic rings. The Hall–Kier alpha value is -0.590. The van der Waals surface area contributed by atoms with Gasteiger partial charge in [0.2, 0.25) is 0 Å². The fourth-order valence-electron chi connectivity index (χ4n) is 1.43. The van der Waals surface area contributed by atoms with Crippen LogP contribution < -0.4 is 0 Å². The Morgan fingerprint density at radius 3 is 2.53 bits per heavy atom. The second kappa shape index (κ2) is 7.26. The van der Waals surface area contributed by atoms with E-state index in [9.17, 15) is 14.5 Å². The first-order valence-electron chi connectivity index (χ1n) is 5.93. The fraction of sp³-hybridized carbons (Fsp3) is 0.636. The largest absolute Gasteiger partial charge is 0.375 e. The van der Waals surface area contributed by atoms with Crippen LogP contribution >= 0.6 is 18.9 Å². The van der Waals surface area contributed by atoms with Gasteiger partial charge in [0.05, 0.1) is 24.5 Å². The lowest BCUT2D eigenvalue weighted by Crippen LogP contribution is -2.04. The van der Waals surface area contributed by atoms with E-state index in [1.54, 1.807) is 13.8 Å². The van der Waals surface area contributed by atoms with Gasteiger partial charge in [0, 0.05) is 6.20 Å². The van der Waals surface area contributed by atoms with Gasteiger partial charge in [-0.2, -0.15) is 0 Å². The Balaban J connectivity index is 2.90. The van der Waals surface area contributed by atoms with Crippen molar-refractivity contribution in [2.45, 2.75) is 33.0 Å². The number of rotatable bonds is 8. The van der Waals surface area contributed by atoms with Gasteiger partial charge in [-0.1, -0.05) is 0 Å². The van der Waals surface area contributed by atoms with Crippen molar-refractivity contribution in [2.24, 2.45) is 0 Å². The van der Waals surface area contributed by atoms with E-state index in [-0.39, 0.29) is 25.4 Å². The average molecular weight is 307 g/mol. The maximum Gasteiger partial charge on any atom is 0.364 e. The molecule has 1 atom stereocenters. The lowest BCUT2D eigenvalue weighted by atomic mass is 10.3. The second-order valence-electron chi connectivity index (χ2n) is 3.78. The monoisotopic (exact) mass is 307 g/mol. The molecule has 0 saturated heterocycles. The molecule has 0 bridgehead atoms. The molecule has 6 nitrogen and oxygen atoms in total. The van der Waals surface area contributed by atoms with Gasteiger partial charge in [-0.3, -0.25) is 9.36 Å². The van der Waals surface area contributed by atoms with E-state index in [2.05, 4.69) is 4.98 Å². The van der Waals surface area contributed by atoms with Crippen LogP contribution in [0.4, 0.5) is 0 Å². The van der Waals surface area contributed by atoms with E-state index in [0.29, 0.717) is 9.88 Å². The van der Waals surface area contributed by atoms with Gasteiger partial charge in [0.25, 0.3) is 0 Å². The number of Topliss-reactive ketones (excluding diaryl/α,β-unsaturated/α-hetero) is 1. The maximum absolute atomic E-state index is 12.4. The Morgan fingerprint density at radius 2 is 2.05 bits per heavy atom. The van der Waals surface area contributed by atoms with E-state index in [0.717, 1.165) is 11.3 Å². The highest BCUT2D eigenvalue weighted by Gasteiger charge is 2.36. The first kappa shape index (κ1) is 16.5.